The number of aliphatic hydroxyl groups is 1. The average molecular weight is 280 g/mol. The van der Waals surface area contributed by atoms with Gasteiger partial charge in [0.05, 0.1) is 13.2 Å². The fourth-order valence-corrected chi connectivity index (χ4v) is 2.19. The Morgan fingerprint density at radius 3 is 2.65 bits per heavy atom. The van der Waals surface area contributed by atoms with E-state index in [1.165, 1.54) is 4.90 Å². The maximum absolute atomic E-state index is 10.6. The molecular formula is C14H20N2O4. The van der Waals surface area contributed by atoms with E-state index < -0.39 is 12.2 Å². The van der Waals surface area contributed by atoms with Crippen LogP contribution in [0.4, 0.5) is 4.79 Å². The Bertz CT molecular complexity index is 443. The number of methoxy groups -OCH3 is 1. The fourth-order valence-electron chi connectivity index (χ4n) is 2.19. The minimum absolute atomic E-state index is 0.0365. The number of nitrogens with zero attached hydrogens (tertiary/aromatic N) is 1. The third kappa shape index (κ3) is 3.61. The molecule has 20 heavy (non-hydrogen) atoms. The molecule has 3 N–H and O–H groups in total. The van der Waals surface area contributed by atoms with Crippen LogP contribution in [0, 0.1) is 5.92 Å². The van der Waals surface area contributed by atoms with E-state index in [0.29, 0.717) is 26.2 Å². The van der Waals surface area contributed by atoms with Gasteiger partial charge in [0.25, 0.3) is 0 Å². The summed E-state index contributed by atoms with van der Waals surface area (Å²) in [5.41, 5.74) is 1.11. The van der Waals surface area contributed by atoms with Gasteiger partial charge < -0.3 is 25.2 Å². The van der Waals surface area contributed by atoms with Crippen LogP contribution in [0.25, 0.3) is 0 Å². The zero-order chi connectivity index (χ0) is 14.5. The lowest BCUT2D eigenvalue weighted by molar-refractivity contribution is 0.00453. The standard InChI is InChI=1S/C14H20N2O4/c1-20-12-4-2-10(3-5-12)6-15-7-13(17)11-8-16(9-11)14(18)19/h2-5,11,13,15,17H,6-9H2,1H3,(H,18,19). The first-order chi connectivity index (χ1) is 9.60. The highest BCUT2D eigenvalue weighted by Crippen LogP contribution is 2.19. The van der Waals surface area contributed by atoms with Gasteiger partial charge in [-0.2, -0.15) is 0 Å². The Morgan fingerprint density at radius 2 is 2.10 bits per heavy atom. The second-order valence-electron chi connectivity index (χ2n) is 4.99. The lowest BCUT2D eigenvalue weighted by Gasteiger charge is -2.39. The van der Waals surface area contributed by atoms with Gasteiger partial charge in [-0.15, -0.1) is 0 Å². The maximum Gasteiger partial charge on any atom is 0.407 e. The van der Waals surface area contributed by atoms with Crippen molar-refractivity contribution in [2.75, 3.05) is 26.7 Å². The molecule has 1 aliphatic rings. The third-order valence-electron chi connectivity index (χ3n) is 3.57. The zero-order valence-electron chi connectivity index (χ0n) is 11.5. The Labute approximate surface area is 118 Å². The van der Waals surface area contributed by atoms with Crippen LogP contribution >= 0.6 is 0 Å². The van der Waals surface area contributed by atoms with E-state index in [0.717, 1.165) is 11.3 Å². The number of ether oxygens (including phenoxy) is 1. The van der Waals surface area contributed by atoms with E-state index in [2.05, 4.69) is 5.32 Å². The summed E-state index contributed by atoms with van der Waals surface area (Å²) in [5, 5.41) is 21.8. The predicted molar refractivity (Wildman–Crippen MR) is 73.8 cm³/mol. The quantitative estimate of drug-likeness (QED) is 0.716. The van der Waals surface area contributed by atoms with Crippen LogP contribution in [0.3, 0.4) is 0 Å². The third-order valence-corrected chi connectivity index (χ3v) is 3.57. The molecule has 1 saturated heterocycles. The highest BCUT2D eigenvalue weighted by Gasteiger charge is 2.34. The fraction of sp³-hybridized carbons (Fsp3) is 0.500. The molecular weight excluding hydrogens is 260 g/mol. The van der Waals surface area contributed by atoms with Crippen molar-refractivity contribution in [3.8, 4) is 5.75 Å². The number of hydrogen-bond acceptors (Lipinski definition) is 4. The predicted octanol–water partition coefficient (Wildman–Crippen LogP) is 0.755. The molecule has 1 aliphatic heterocycles. The molecule has 2 rings (SSSR count). The molecule has 1 fully saturated rings. The Morgan fingerprint density at radius 1 is 1.45 bits per heavy atom. The van der Waals surface area contributed by atoms with Gasteiger partial charge in [0.15, 0.2) is 0 Å². The zero-order valence-corrected chi connectivity index (χ0v) is 11.5. The molecule has 110 valence electrons. The Balaban J connectivity index is 1.66. The summed E-state index contributed by atoms with van der Waals surface area (Å²) in [6.07, 6.45) is -1.43. The lowest BCUT2D eigenvalue weighted by atomic mass is 9.94. The van der Waals surface area contributed by atoms with E-state index in [-0.39, 0.29) is 5.92 Å². The van der Waals surface area contributed by atoms with Gasteiger partial charge in [-0.25, -0.2) is 4.79 Å². The molecule has 1 heterocycles. The number of benzene rings is 1. The highest BCUT2D eigenvalue weighted by molar-refractivity contribution is 5.66. The number of nitrogens with one attached hydrogen (secondary N) is 1. The molecule has 1 unspecified atom stereocenters. The summed E-state index contributed by atoms with van der Waals surface area (Å²) in [5.74, 6) is 0.853. The molecule has 6 nitrogen and oxygen atoms in total. The maximum atomic E-state index is 10.6. The molecule has 0 spiro atoms. The molecule has 0 radical (unpaired) electrons. The summed E-state index contributed by atoms with van der Waals surface area (Å²) in [6.45, 7) is 1.96. The van der Waals surface area contributed by atoms with Gasteiger partial charge in [0.2, 0.25) is 0 Å². The van der Waals surface area contributed by atoms with Crippen molar-refractivity contribution >= 4 is 6.09 Å². The Kier molecular flexibility index (Phi) is 4.81. The summed E-state index contributed by atoms with van der Waals surface area (Å²) < 4.78 is 5.08. The molecule has 1 atom stereocenters. The van der Waals surface area contributed by atoms with E-state index in [1.807, 2.05) is 24.3 Å². The van der Waals surface area contributed by atoms with E-state index in [4.69, 9.17) is 9.84 Å². The van der Waals surface area contributed by atoms with Crippen molar-refractivity contribution < 1.29 is 19.7 Å². The van der Waals surface area contributed by atoms with Crippen LogP contribution < -0.4 is 10.1 Å². The molecule has 6 heteroatoms. The monoisotopic (exact) mass is 280 g/mol. The van der Waals surface area contributed by atoms with Crippen LogP contribution in [0.15, 0.2) is 24.3 Å². The Hall–Kier alpha value is -1.79. The largest absolute Gasteiger partial charge is 0.497 e. The second kappa shape index (κ2) is 6.58. The van der Waals surface area contributed by atoms with Crippen LogP contribution in [0.2, 0.25) is 0 Å². The number of aliphatic hydroxyl groups excluding tert-OH is 1. The molecule has 1 aromatic rings. The smallest absolute Gasteiger partial charge is 0.407 e. The summed E-state index contributed by atoms with van der Waals surface area (Å²) in [6, 6.07) is 7.72. The molecule has 0 bridgehead atoms. The summed E-state index contributed by atoms with van der Waals surface area (Å²) >= 11 is 0. The second-order valence-corrected chi connectivity index (χ2v) is 4.99. The van der Waals surface area contributed by atoms with Crippen molar-refractivity contribution in [1.82, 2.24) is 10.2 Å². The van der Waals surface area contributed by atoms with Gasteiger partial charge in [-0.05, 0) is 17.7 Å². The van der Waals surface area contributed by atoms with Crippen molar-refractivity contribution in [3.63, 3.8) is 0 Å². The van der Waals surface area contributed by atoms with Crippen molar-refractivity contribution in [3.05, 3.63) is 29.8 Å². The normalized spacial score (nSPS) is 16.6. The number of carboxylic acid groups (broad SMARTS) is 1. The number of hydrogen-bond donors (Lipinski definition) is 3. The minimum atomic E-state index is -0.917. The number of amides is 1. The molecule has 0 aliphatic carbocycles. The van der Waals surface area contributed by atoms with Crippen LogP contribution in [0.1, 0.15) is 5.56 Å². The lowest BCUT2D eigenvalue weighted by Crippen LogP contribution is -2.55. The van der Waals surface area contributed by atoms with Gasteiger partial charge in [0, 0.05) is 32.1 Å². The van der Waals surface area contributed by atoms with Crippen LogP contribution in [0.5, 0.6) is 5.75 Å². The number of rotatable bonds is 6. The minimum Gasteiger partial charge on any atom is -0.497 e. The topological polar surface area (TPSA) is 82.0 Å². The number of carbonyl (C=O) groups is 1. The van der Waals surface area contributed by atoms with Crippen molar-refractivity contribution in [1.29, 1.82) is 0 Å². The summed E-state index contributed by atoms with van der Waals surface area (Å²) in [4.78, 5) is 11.9. The molecule has 1 amide bonds. The SMILES string of the molecule is COc1ccc(CNCC(O)C2CN(C(=O)O)C2)cc1. The molecule has 1 aromatic carbocycles. The first-order valence-electron chi connectivity index (χ1n) is 6.59. The first kappa shape index (κ1) is 14.6. The number of likely N-dealkylation sites (tertiary alicyclic amines) is 1. The van der Waals surface area contributed by atoms with Crippen molar-refractivity contribution in [2.45, 2.75) is 12.6 Å². The van der Waals surface area contributed by atoms with Crippen LogP contribution in [-0.4, -0.2) is 54.1 Å². The average Bonchev–Trinajstić information content (AvgIpc) is 2.37. The highest BCUT2D eigenvalue weighted by atomic mass is 16.5. The van der Waals surface area contributed by atoms with Gasteiger partial charge in [-0.3, -0.25) is 0 Å². The van der Waals surface area contributed by atoms with E-state index in [1.54, 1.807) is 7.11 Å². The van der Waals surface area contributed by atoms with E-state index in [9.17, 15) is 9.90 Å². The molecule has 0 saturated carbocycles. The van der Waals surface area contributed by atoms with Crippen molar-refractivity contribution in [2.24, 2.45) is 5.92 Å². The van der Waals surface area contributed by atoms with Gasteiger partial charge in [-0.1, -0.05) is 12.1 Å². The van der Waals surface area contributed by atoms with Crippen LogP contribution in [-0.2, 0) is 6.54 Å². The van der Waals surface area contributed by atoms with Gasteiger partial charge in [0.1, 0.15) is 5.75 Å². The molecule has 0 aromatic heterocycles. The summed E-state index contributed by atoms with van der Waals surface area (Å²) in [7, 11) is 1.63. The van der Waals surface area contributed by atoms with E-state index >= 15 is 0 Å². The van der Waals surface area contributed by atoms with Gasteiger partial charge >= 0.3 is 6.09 Å². The first-order valence-corrected chi connectivity index (χ1v) is 6.59.